The van der Waals surface area contributed by atoms with E-state index in [1.165, 1.54) is 0 Å². The normalized spacial score (nSPS) is 11.3. The molecular formula is C15H17Cl2N3O. The van der Waals surface area contributed by atoms with Crippen molar-refractivity contribution in [3.8, 4) is 5.88 Å². The van der Waals surface area contributed by atoms with Gasteiger partial charge in [0.15, 0.2) is 0 Å². The van der Waals surface area contributed by atoms with Gasteiger partial charge >= 0.3 is 0 Å². The Morgan fingerprint density at radius 2 is 1.71 bits per heavy atom. The Labute approximate surface area is 134 Å². The van der Waals surface area contributed by atoms with Crippen molar-refractivity contribution < 1.29 is 4.74 Å². The van der Waals surface area contributed by atoms with Gasteiger partial charge in [-0.15, -0.1) is 0 Å². The number of pyridine rings is 1. The fourth-order valence-electron chi connectivity index (χ4n) is 1.64. The number of hydrogen-bond donors (Lipinski definition) is 2. The molecule has 3 N–H and O–H groups in total. The number of aromatic nitrogens is 1. The highest BCUT2D eigenvalue weighted by molar-refractivity contribution is 6.39. The molecule has 2 aromatic rings. The van der Waals surface area contributed by atoms with E-state index in [1.54, 1.807) is 30.3 Å². The van der Waals surface area contributed by atoms with Gasteiger partial charge in [-0.05, 0) is 45.0 Å². The molecule has 0 aliphatic heterocycles. The second-order valence-electron chi connectivity index (χ2n) is 5.53. The lowest BCUT2D eigenvalue weighted by Crippen LogP contribution is -2.24. The smallest absolute Gasteiger partial charge is 0.239 e. The molecule has 1 heterocycles. The maximum Gasteiger partial charge on any atom is 0.239 e. The molecule has 0 amide bonds. The van der Waals surface area contributed by atoms with E-state index in [0.717, 1.165) is 0 Å². The molecule has 0 fully saturated rings. The third-order valence-electron chi connectivity index (χ3n) is 2.51. The quantitative estimate of drug-likeness (QED) is 0.843. The van der Waals surface area contributed by atoms with Crippen LogP contribution >= 0.6 is 23.2 Å². The van der Waals surface area contributed by atoms with Crippen molar-refractivity contribution in [1.82, 2.24) is 4.98 Å². The van der Waals surface area contributed by atoms with Crippen LogP contribution in [0.2, 0.25) is 10.0 Å². The minimum Gasteiger partial charge on any atom is -0.470 e. The first kappa shape index (κ1) is 15.7. The zero-order valence-electron chi connectivity index (χ0n) is 12.1. The van der Waals surface area contributed by atoms with E-state index in [4.69, 9.17) is 33.7 Å². The van der Waals surface area contributed by atoms with Crippen LogP contribution in [0.15, 0.2) is 30.3 Å². The summed E-state index contributed by atoms with van der Waals surface area (Å²) in [6, 6.07) is 8.74. The molecule has 1 aromatic carbocycles. The van der Waals surface area contributed by atoms with Gasteiger partial charge in [0, 0.05) is 0 Å². The van der Waals surface area contributed by atoms with Gasteiger partial charge in [-0.25, -0.2) is 0 Å². The summed E-state index contributed by atoms with van der Waals surface area (Å²) in [7, 11) is 0. The van der Waals surface area contributed by atoms with E-state index in [1.807, 2.05) is 20.8 Å². The number of ether oxygens (including phenoxy) is 1. The molecule has 0 spiro atoms. The van der Waals surface area contributed by atoms with Gasteiger partial charge < -0.3 is 15.8 Å². The summed E-state index contributed by atoms with van der Waals surface area (Å²) < 4.78 is 5.73. The minimum atomic E-state index is -0.387. The van der Waals surface area contributed by atoms with Crippen LogP contribution in [0, 0.1) is 0 Å². The van der Waals surface area contributed by atoms with Crippen LogP contribution in [-0.2, 0) is 0 Å². The Hall–Kier alpha value is -1.65. The highest BCUT2D eigenvalue weighted by Crippen LogP contribution is 2.33. The maximum atomic E-state index is 6.13. The van der Waals surface area contributed by atoms with Gasteiger partial charge in [0.1, 0.15) is 11.4 Å². The Bertz CT molecular complexity index is 634. The van der Waals surface area contributed by atoms with Crippen LogP contribution in [0.25, 0.3) is 0 Å². The first-order valence-electron chi connectivity index (χ1n) is 6.43. The predicted molar refractivity (Wildman–Crippen MR) is 88.8 cm³/mol. The topological polar surface area (TPSA) is 60.2 Å². The third kappa shape index (κ3) is 4.16. The second-order valence-corrected chi connectivity index (χ2v) is 6.34. The highest BCUT2D eigenvalue weighted by atomic mass is 35.5. The molecule has 1 aromatic heterocycles. The molecular weight excluding hydrogens is 309 g/mol. The van der Waals surface area contributed by atoms with Crippen molar-refractivity contribution in [2.24, 2.45) is 0 Å². The van der Waals surface area contributed by atoms with Crippen molar-refractivity contribution >= 4 is 40.4 Å². The molecule has 0 aliphatic rings. The van der Waals surface area contributed by atoms with E-state index in [9.17, 15) is 0 Å². The number of rotatable bonds is 3. The van der Waals surface area contributed by atoms with Crippen LogP contribution in [0.4, 0.5) is 17.2 Å². The van der Waals surface area contributed by atoms with Gasteiger partial charge in [0.05, 0.1) is 21.4 Å². The average molecular weight is 326 g/mol. The minimum absolute atomic E-state index is 0.371. The maximum absolute atomic E-state index is 6.13. The number of nitrogens with two attached hydrogens (primary N) is 1. The summed E-state index contributed by atoms with van der Waals surface area (Å²) >= 11 is 12.3. The number of halogens is 2. The molecule has 0 aliphatic carbocycles. The van der Waals surface area contributed by atoms with E-state index >= 15 is 0 Å². The zero-order valence-corrected chi connectivity index (χ0v) is 13.6. The first-order valence-corrected chi connectivity index (χ1v) is 7.18. The van der Waals surface area contributed by atoms with Gasteiger partial charge in [-0.2, -0.15) is 4.98 Å². The van der Waals surface area contributed by atoms with Crippen molar-refractivity contribution in [2.75, 3.05) is 11.1 Å². The number of benzene rings is 1. The Balaban J connectivity index is 2.31. The molecule has 0 atom stereocenters. The molecule has 0 saturated carbocycles. The Morgan fingerprint density at radius 1 is 1.10 bits per heavy atom. The second kappa shape index (κ2) is 6.00. The summed E-state index contributed by atoms with van der Waals surface area (Å²) in [6.45, 7) is 5.79. The van der Waals surface area contributed by atoms with Crippen LogP contribution in [0.5, 0.6) is 5.88 Å². The summed E-state index contributed by atoms with van der Waals surface area (Å²) in [6.07, 6.45) is 0. The number of hydrogen-bond acceptors (Lipinski definition) is 4. The number of nitrogens with zero attached hydrogens (tertiary/aromatic N) is 1. The van der Waals surface area contributed by atoms with E-state index in [0.29, 0.717) is 33.1 Å². The molecule has 0 bridgehead atoms. The molecule has 6 heteroatoms. The van der Waals surface area contributed by atoms with Gasteiger partial charge in [0.25, 0.3) is 0 Å². The summed E-state index contributed by atoms with van der Waals surface area (Å²) in [5.41, 5.74) is 6.57. The monoisotopic (exact) mass is 325 g/mol. The number of para-hydroxylation sites is 1. The number of nitrogen functional groups attached to an aromatic ring is 1. The lowest BCUT2D eigenvalue weighted by molar-refractivity contribution is 0.125. The number of nitrogens with one attached hydrogen (secondary N) is 1. The Kier molecular flexibility index (Phi) is 4.49. The number of anilines is 3. The molecule has 0 radical (unpaired) electrons. The standard InChI is InChI=1S/C15H17Cl2N3O/c1-15(2,3)21-14-11(18)7-8-12(20-14)19-13-9(16)5-4-6-10(13)17/h4-8H,18H2,1-3H3,(H,19,20). The molecule has 112 valence electrons. The van der Waals surface area contributed by atoms with Crippen molar-refractivity contribution in [1.29, 1.82) is 0 Å². The van der Waals surface area contributed by atoms with Crippen molar-refractivity contribution in [3.63, 3.8) is 0 Å². The van der Waals surface area contributed by atoms with Crippen molar-refractivity contribution in [3.05, 3.63) is 40.4 Å². The largest absolute Gasteiger partial charge is 0.470 e. The predicted octanol–water partition coefficient (Wildman–Crippen LogP) is 4.89. The van der Waals surface area contributed by atoms with Gasteiger partial charge in [-0.1, -0.05) is 29.3 Å². The summed E-state index contributed by atoms with van der Waals surface area (Å²) in [5.74, 6) is 0.925. The van der Waals surface area contributed by atoms with Crippen LogP contribution < -0.4 is 15.8 Å². The van der Waals surface area contributed by atoms with Crippen LogP contribution in [0.1, 0.15) is 20.8 Å². The fraction of sp³-hybridized carbons (Fsp3) is 0.267. The highest BCUT2D eigenvalue weighted by Gasteiger charge is 2.16. The third-order valence-corrected chi connectivity index (χ3v) is 3.14. The lowest BCUT2D eigenvalue weighted by atomic mass is 10.2. The molecule has 0 saturated heterocycles. The SMILES string of the molecule is CC(C)(C)Oc1nc(Nc2c(Cl)cccc2Cl)ccc1N. The van der Waals surface area contributed by atoms with Gasteiger partial charge in [-0.3, -0.25) is 0 Å². The molecule has 0 unspecified atom stereocenters. The molecule has 21 heavy (non-hydrogen) atoms. The van der Waals surface area contributed by atoms with Crippen LogP contribution in [0.3, 0.4) is 0 Å². The van der Waals surface area contributed by atoms with Gasteiger partial charge in [0.2, 0.25) is 5.88 Å². The van der Waals surface area contributed by atoms with E-state index < -0.39 is 0 Å². The van der Waals surface area contributed by atoms with Crippen LogP contribution in [-0.4, -0.2) is 10.6 Å². The zero-order chi connectivity index (χ0) is 15.6. The Morgan fingerprint density at radius 3 is 2.29 bits per heavy atom. The molecule has 4 nitrogen and oxygen atoms in total. The summed E-state index contributed by atoms with van der Waals surface area (Å²) in [5, 5.41) is 4.11. The van der Waals surface area contributed by atoms with E-state index in [-0.39, 0.29) is 5.60 Å². The van der Waals surface area contributed by atoms with Crippen molar-refractivity contribution in [2.45, 2.75) is 26.4 Å². The average Bonchev–Trinajstić information content (AvgIpc) is 2.36. The summed E-state index contributed by atoms with van der Waals surface area (Å²) in [4.78, 5) is 4.36. The fourth-order valence-corrected chi connectivity index (χ4v) is 2.13. The van der Waals surface area contributed by atoms with E-state index in [2.05, 4.69) is 10.3 Å². The lowest BCUT2D eigenvalue weighted by Gasteiger charge is -2.22. The first-order chi connectivity index (χ1) is 9.76. The molecule has 2 rings (SSSR count).